The summed E-state index contributed by atoms with van der Waals surface area (Å²) in [6.45, 7) is 6.68. The molecule has 1 aliphatic rings. The normalized spacial score (nSPS) is 14.1. The van der Waals surface area contributed by atoms with Crippen molar-refractivity contribution in [2.75, 3.05) is 18.4 Å². The fraction of sp³-hybridized carbons (Fsp3) is 0.333. The highest BCUT2D eigenvalue weighted by Gasteiger charge is 2.28. The van der Waals surface area contributed by atoms with Gasteiger partial charge in [0.2, 0.25) is 5.96 Å². The number of carbonyl (C=O) groups excluding carboxylic acids is 1. The highest BCUT2D eigenvalue weighted by Crippen LogP contribution is 2.17. The molecule has 1 aliphatic heterocycles. The Labute approximate surface area is 154 Å². The Kier molecular flexibility index (Phi) is 5.26. The molecule has 0 radical (unpaired) electrons. The summed E-state index contributed by atoms with van der Waals surface area (Å²) in [6, 6.07) is 18.6. The molecule has 1 heterocycles. The molecule has 1 amide bonds. The van der Waals surface area contributed by atoms with E-state index in [9.17, 15) is 4.79 Å². The Hall–Kier alpha value is -2.82. The first-order valence-corrected chi connectivity index (χ1v) is 8.85. The summed E-state index contributed by atoms with van der Waals surface area (Å²) in [5.74, 6) is 0.537. The molecule has 0 saturated heterocycles. The molecule has 26 heavy (non-hydrogen) atoms. The van der Waals surface area contributed by atoms with Crippen molar-refractivity contribution in [1.29, 1.82) is 0 Å². The number of nitrogens with one attached hydrogen (secondary N) is 1. The zero-order valence-corrected chi connectivity index (χ0v) is 15.5. The molecule has 0 aliphatic carbocycles. The summed E-state index contributed by atoms with van der Waals surface area (Å²) in [5, 5.41) is 3.22. The maximum Gasteiger partial charge on any atom is 0.417 e. The van der Waals surface area contributed by atoms with Gasteiger partial charge in [0.05, 0.1) is 13.1 Å². The molecule has 136 valence electrons. The lowest BCUT2D eigenvalue weighted by Gasteiger charge is -2.25. The van der Waals surface area contributed by atoms with Crippen LogP contribution in [0.4, 0.5) is 10.5 Å². The maximum atomic E-state index is 12.3. The molecule has 0 saturated carbocycles. The Balaban J connectivity index is 1.62. The number of rotatable bonds is 3. The summed E-state index contributed by atoms with van der Waals surface area (Å²) in [5.41, 5.74) is 2.89. The Morgan fingerprint density at radius 2 is 1.73 bits per heavy atom. The molecule has 5 nitrogen and oxygen atoms in total. The van der Waals surface area contributed by atoms with Crippen molar-refractivity contribution in [2.45, 2.75) is 32.8 Å². The van der Waals surface area contributed by atoms with Crippen LogP contribution in [-0.2, 0) is 11.2 Å². The predicted octanol–water partition coefficient (Wildman–Crippen LogP) is 4.30. The van der Waals surface area contributed by atoms with Gasteiger partial charge in [-0.05, 0) is 50.5 Å². The SMILES string of the molecule is CC(C)(C)OC(=O)N1CCN=C1Nc1ccc(Cc2ccccc2)cc1. The number of carbonyl (C=O) groups is 1. The Morgan fingerprint density at radius 1 is 1.08 bits per heavy atom. The van der Waals surface area contributed by atoms with E-state index in [1.165, 1.54) is 11.1 Å². The number of benzene rings is 2. The number of nitrogens with zero attached hydrogens (tertiary/aromatic N) is 2. The minimum Gasteiger partial charge on any atom is -0.443 e. The van der Waals surface area contributed by atoms with Crippen LogP contribution in [-0.4, -0.2) is 35.6 Å². The van der Waals surface area contributed by atoms with Crippen molar-refractivity contribution in [1.82, 2.24) is 4.90 Å². The Bertz CT molecular complexity index is 777. The Morgan fingerprint density at radius 3 is 2.38 bits per heavy atom. The zero-order valence-electron chi connectivity index (χ0n) is 15.5. The molecule has 3 rings (SSSR count). The first-order chi connectivity index (χ1) is 12.4. The zero-order chi connectivity index (χ0) is 18.6. The lowest BCUT2D eigenvalue weighted by atomic mass is 10.0. The van der Waals surface area contributed by atoms with E-state index in [0.29, 0.717) is 19.0 Å². The number of amides is 1. The van der Waals surface area contributed by atoms with Crippen molar-refractivity contribution in [3.63, 3.8) is 0 Å². The first kappa shape index (κ1) is 18.0. The van der Waals surface area contributed by atoms with Crippen molar-refractivity contribution in [2.24, 2.45) is 4.99 Å². The summed E-state index contributed by atoms with van der Waals surface area (Å²) >= 11 is 0. The number of guanidine groups is 1. The number of aliphatic imine (C=N–C) groups is 1. The molecule has 2 aromatic carbocycles. The average Bonchev–Trinajstić information content (AvgIpc) is 3.04. The summed E-state index contributed by atoms with van der Waals surface area (Å²) < 4.78 is 5.44. The van der Waals surface area contributed by atoms with Gasteiger partial charge < -0.3 is 10.1 Å². The summed E-state index contributed by atoms with van der Waals surface area (Å²) in [7, 11) is 0. The third-order valence-electron chi connectivity index (χ3n) is 3.92. The van der Waals surface area contributed by atoms with E-state index in [1.54, 1.807) is 4.90 Å². The number of hydrogen-bond donors (Lipinski definition) is 1. The number of hydrogen-bond acceptors (Lipinski definition) is 4. The number of anilines is 1. The van der Waals surface area contributed by atoms with E-state index >= 15 is 0 Å². The summed E-state index contributed by atoms with van der Waals surface area (Å²) in [6.07, 6.45) is 0.522. The van der Waals surface area contributed by atoms with Crippen LogP contribution in [0.15, 0.2) is 59.6 Å². The van der Waals surface area contributed by atoms with Gasteiger partial charge in [0.15, 0.2) is 0 Å². The minimum absolute atomic E-state index is 0.373. The molecule has 0 unspecified atom stereocenters. The molecule has 0 fully saturated rings. The predicted molar refractivity (Wildman–Crippen MR) is 105 cm³/mol. The highest BCUT2D eigenvalue weighted by atomic mass is 16.6. The van der Waals surface area contributed by atoms with Gasteiger partial charge in [-0.15, -0.1) is 0 Å². The van der Waals surface area contributed by atoms with Crippen LogP contribution in [0.2, 0.25) is 0 Å². The maximum absolute atomic E-state index is 12.3. The highest BCUT2D eigenvalue weighted by molar-refractivity contribution is 6.03. The van der Waals surface area contributed by atoms with E-state index in [1.807, 2.05) is 39.0 Å². The smallest absolute Gasteiger partial charge is 0.417 e. The number of ether oxygens (including phenoxy) is 1. The lowest BCUT2D eigenvalue weighted by Crippen LogP contribution is -2.41. The molecule has 1 N–H and O–H groups in total. The third-order valence-corrected chi connectivity index (χ3v) is 3.92. The van der Waals surface area contributed by atoms with Gasteiger partial charge in [-0.1, -0.05) is 42.5 Å². The van der Waals surface area contributed by atoms with Gasteiger partial charge in [0.1, 0.15) is 5.60 Å². The van der Waals surface area contributed by atoms with E-state index in [-0.39, 0.29) is 6.09 Å². The van der Waals surface area contributed by atoms with E-state index < -0.39 is 5.60 Å². The van der Waals surface area contributed by atoms with Crippen LogP contribution in [0.25, 0.3) is 0 Å². The van der Waals surface area contributed by atoms with Gasteiger partial charge in [-0.3, -0.25) is 4.99 Å². The molecular formula is C21H25N3O2. The van der Waals surface area contributed by atoms with Crippen LogP contribution in [0.5, 0.6) is 0 Å². The molecule has 0 bridgehead atoms. The average molecular weight is 351 g/mol. The third kappa shape index (κ3) is 4.85. The first-order valence-electron chi connectivity index (χ1n) is 8.85. The van der Waals surface area contributed by atoms with Gasteiger partial charge in [-0.25, -0.2) is 9.69 Å². The quantitative estimate of drug-likeness (QED) is 0.897. The largest absolute Gasteiger partial charge is 0.443 e. The van der Waals surface area contributed by atoms with Gasteiger partial charge in [0.25, 0.3) is 0 Å². The van der Waals surface area contributed by atoms with Gasteiger partial charge in [-0.2, -0.15) is 0 Å². The minimum atomic E-state index is -0.524. The lowest BCUT2D eigenvalue weighted by molar-refractivity contribution is 0.0384. The second-order valence-electron chi connectivity index (χ2n) is 7.32. The molecule has 0 spiro atoms. The van der Waals surface area contributed by atoms with Gasteiger partial charge >= 0.3 is 6.09 Å². The van der Waals surface area contributed by atoms with Gasteiger partial charge in [0, 0.05) is 5.69 Å². The standard InChI is InChI=1S/C21H25N3O2/c1-21(2,3)26-20(25)24-14-13-22-19(24)23-18-11-9-17(10-12-18)15-16-7-5-4-6-8-16/h4-12H,13-15H2,1-3H3,(H,22,23). The fourth-order valence-corrected chi connectivity index (χ4v) is 2.72. The second kappa shape index (κ2) is 7.60. The molecule has 2 aromatic rings. The van der Waals surface area contributed by atoms with Crippen molar-refractivity contribution in [3.8, 4) is 0 Å². The molecular weight excluding hydrogens is 326 g/mol. The van der Waals surface area contributed by atoms with E-state index in [4.69, 9.17) is 4.74 Å². The topological polar surface area (TPSA) is 53.9 Å². The summed E-state index contributed by atoms with van der Waals surface area (Å²) in [4.78, 5) is 18.2. The van der Waals surface area contributed by atoms with Crippen LogP contribution < -0.4 is 5.32 Å². The van der Waals surface area contributed by atoms with Crippen LogP contribution in [0, 0.1) is 0 Å². The van der Waals surface area contributed by atoms with Crippen LogP contribution in [0.3, 0.4) is 0 Å². The van der Waals surface area contributed by atoms with Crippen molar-refractivity contribution >= 4 is 17.7 Å². The second-order valence-corrected chi connectivity index (χ2v) is 7.32. The monoisotopic (exact) mass is 351 g/mol. The van der Waals surface area contributed by atoms with Crippen LogP contribution >= 0.6 is 0 Å². The van der Waals surface area contributed by atoms with E-state index in [2.05, 4.69) is 46.7 Å². The van der Waals surface area contributed by atoms with Crippen molar-refractivity contribution < 1.29 is 9.53 Å². The molecule has 0 atom stereocenters. The van der Waals surface area contributed by atoms with Crippen molar-refractivity contribution in [3.05, 3.63) is 65.7 Å². The molecule has 0 aromatic heterocycles. The fourth-order valence-electron chi connectivity index (χ4n) is 2.72. The molecule has 5 heteroatoms. The van der Waals surface area contributed by atoms with E-state index in [0.717, 1.165) is 12.1 Å². The van der Waals surface area contributed by atoms with Crippen LogP contribution in [0.1, 0.15) is 31.9 Å².